The summed E-state index contributed by atoms with van der Waals surface area (Å²) in [4.78, 5) is 13.3. The molecule has 2 heterocycles. The van der Waals surface area contributed by atoms with Crippen molar-refractivity contribution in [3.63, 3.8) is 0 Å². The Morgan fingerprint density at radius 2 is 1.90 bits per heavy atom. The SMILES string of the molecule is O=C1COc2cc(Nc3ccc(N4CCC(C(F)(F)F)CC4)cc3Cl)ccc2N1. The van der Waals surface area contributed by atoms with Gasteiger partial charge in [-0.15, -0.1) is 0 Å². The molecule has 1 fully saturated rings. The minimum atomic E-state index is -4.13. The summed E-state index contributed by atoms with van der Waals surface area (Å²) in [6.07, 6.45) is -3.95. The fourth-order valence-corrected chi connectivity index (χ4v) is 3.80. The fraction of sp³-hybridized carbons (Fsp3) is 0.350. The van der Waals surface area contributed by atoms with Crippen molar-refractivity contribution in [2.45, 2.75) is 19.0 Å². The molecule has 2 aromatic carbocycles. The molecule has 0 atom stereocenters. The Bertz CT molecular complexity index is 928. The fourth-order valence-electron chi connectivity index (χ4n) is 3.57. The Balaban J connectivity index is 1.44. The summed E-state index contributed by atoms with van der Waals surface area (Å²) >= 11 is 6.40. The highest BCUT2D eigenvalue weighted by molar-refractivity contribution is 6.33. The van der Waals surface area contributed by atoms with Gasteiger partial charge in [0.05, 0.1) is 22.3 Å². The van der Waals surface area contributed by atoms with Crippen LogP contribution in [0.1, 0.15) is 12.8 Å². The number of nitrogens with zero attached hydrogens (tertiary/aromatic N) is 1. The zero-order valence-corrected chi connectivity index (χ0v) is 16.1. The molecule has 0 unspecified atom stereocenters. The van der Waals surface area contributed by atoms with Crippen LogP contribution in [0.5, 0.6) is 5.75 Å². The molecule has 1 saturated heterocycles. The largest absolute Gasteiger partial charge is 0.482 e. The van der Waals surface area contributed by atoms with E-state index in [0.29, 0.717) is 35.2 Å². The Labute approximate surface area is 170 Å². The van der Waals surface area contributed by atoms with E-state index < -0.39 is 12.1 Å². The van der Waals surface area contributed by atoms with Gasteiger partial charge in [0.15, 0.2) is 6.61 Å². The number of hydrogen-bond donors (Lipinski definition) is 2. The molecule has 2 aromatic rings. The molecule has 2 aliphatic heterocycles. The summed E-state index contributed by atoms with van der Waals surface area (Å²) in [6.45, 7) is 0.666. The molecule has 5 nitrogen and oxygen atoms in total. The third-order valence-corrected chi connectivity index (χ3v) is 5.48. The van der Waals surface area contributed by atoms with Crippen molar-refractivity contribution in [2.24, 2.45) is 5.92 Å². The minimum absolute atomic E-state index is 0.0308. The van der Waals surface area contributed by atoms with Gasteiger partial charge in [0.2, 0.25) is 0 Å². The van der Waals surface area contributed by atoms with Crippen LogP contribution >= 0.6 is 11.6 Å². The first-order valence-electron chi connectivity index (χ1n) is 9.24. The summed E-state index contributed by atoms with van der Waals surface area (Å²) in [7, 11) is 0. The van der Waals surface area contributed by atoms with Gasteiger partial charge >= 0.3 is 6.18 Å². The van der Waals surface area contributed by atoms with Crippen molar-refractivity contribution in [2.75, 3.05) is 35.2 Å². The van der Waals surface area contributed by atoms with E-state index in [1.165, 1.54) is 0 Å². The molecule has 0 radical (unpaired) electrons. The first-order chi connectivity index (χ1) is 13.8. The lowest BCUT2D eigenvalue weighted by molar-refractivity contribution is -0.179. The van der Waals surface area contributed by atoms with E-state index in [1.807, 2.05) is 11.0 Å². The van der Waals surface area contributed by atoms with Crippen LogP contribution in [-0.2, 0) is 4.79 Å². The van der Waals surface area contributed by atoms with Crippen LogP contribution in [0.25, 0.3) is 0 Å². The zero-order valence-electron chi connectivity index (χ0n) is 15.4. The Hall–Kier alpha value is -2.61. The lowest BCUT2D eigenvalue weighted by atomic mass is 9.96. The number of hydrogen-bond acceptors (Lipinski definition) is 4. The molecule has 0 bridgehead atoms. The number of fused-ring (bicyclic) bond motifs is 1. The predicted octanol–water partition coefficient (Wildman–Crippen LogP) is 5.19. The van der Waals surface area contributed by atoms with Crippen LogP contribution in [0.3, 0.4) is 0 Å². The van der Waals surface area contributed by atoms with Gasteiger partial charge in [-0.3, -0.25) is 4.79 Å². The maximum atomic E-state index is 12.8. The molecule has 0 aliphatic carbocycles. The quantitative estimate of drug-likeness (QED) is 0.710. The number of benzene rings is 2. The second-order valence-electron chi connectivity index (χ2n) is 7.14. The van der Waals surface area contributed by atoms with Crippen molar-refractivity contribution in [3.8, 4) is 5.75 Å². The Kier molecular flexibility index (Phi) is 5.21. The van der Waals surface area contributed by atoms with Crippen molar-refractivity contribution in [1.29, 1.82) is 0 Å². The van der Waals surface area contributed by atoms with Gasteiger partial charge in [0, 0.05) is 30.5 Å². The normalized spacial score (nSPS) is 17.4. The maximum absolute atomic E-state index is 12.8. The van der Waals surface area contributed by atoms with E-state index in [0.717, 1.165) is 11.4 Å². The van der Waals surface area contributed by atoms with E-state index in [4.69, 9.17) is 16.3 Å². The van der Waals surface area contributed by atoms with Crippen LogP contribution in [0, 0.1) is 5.92 Å². The first-order valence-corrected chi connectivity index (χ1v) is 9.62. The summed E-state index contributed by atoms with van der Waals surface area (Å²) < 4.78 is 43.9. The highest BCUT2D eigenvalue weighted by Crippen LogP contribution is 2.37. The zero-order chi connectivity index (χ0) is 20.6. The average molecular weight is 426 g/mol. The number of amides is 1. The summed E-state index contributed by atoms with van der Waals surface area (Å²) in [5, 5.41) is 6.39. The van der Waals surface area contributed by atoms with Crippen molar-refractivity contribution < 1.29 is 22.7 Å². The standard InChI is InChI=1S/C20H19ClF3N3O2/c21-15-10-14(27-7-5-12(6-8-27)20(22,23)24)2-4-16(15)25-13-1-3-17-18(9-13)29-11-19(28)26-17/h1-4,9-10,12,25H,5-8,11H2,(H,26,28). The van der Waals surface area contributed by atoms with Crippen LogP contribution in [-0.4, -0.2) is 31.8 Å². The van der Waals surface area contributed by atoms with Crippen LogP contribution in [0.4, 0.5) is 35.9 Å². The lowest BCUT2D eigenvalue weighted by Gasteiger charge is -2.34. The second-order valence-corrected chi connectivity index (χ2v) is 7.55. The number of ether oxygens (including phenoxy) is 1. The summed E-state index contributed by atoms with van der Waals surface area (Å²) in [5.41, 5.74) is 2.81. The molecule has 0 aromatic heterocycles. The smallest absolute Gasteiger partial charge is 0.391 e. The van der Waals surface area contributed by atoms with Gasteiger partial charge < -0.3 is 20.3 Å². The highest BCUT2D eigenvalue weighted by Gasteiger charge is 2.41. The van der Waals surface area contributed by atoms with Gasteiger partial charge in [-0.05, 0) is 43.2 Å². The van der Waals surface area contributed by atoms with E-state index in [1.54, 1.807) is 30.3 Å². The third kappa shape index (κ3) is 4.37. The topological polar surface area (TPSA) is 53.6 Å². The molecule has 0 spiro atoms. The minimum Gasteiger partial charge on any atom is -0.482 e. The van der Waals surface area contributed by atoms with Gasteiger partial charge in [-0.2, -0.15) is 13.2 Å². The summed E-state index contributed by atoms with van der Waals surface area (Å²) in [5.74, 6) is -0.864. The lowest BCUT2D eigenvalue weighted by Crippen LogP contribution is -2.39. The van der Waals surface area contributed by atoms with Crippen molar-refractivity contribution in [3.05, 3.63) is 41.4 Å². The van der Waals surface area contributed by atoms with E-state index in [-0.39, 0.29) is 25.4 Å². The number of alkyl halides is 3. The van der Waals surface area contributed by atoms with Gasteiger partial charge in [-0.25, -0.2) is 0 Å². The number of carbonyl (C=O) groups is 1. The molecular weight excluding hydrogens is 407 g/mol. The van der Waals surface area contributed by atoms with Crippen molar-refractivity contribution >= 4 is 40.3 Å². The van der Waals surface area contributed by atoms with Crippen LogP contribution in [0.2, 0.25) is 5.02 Å². The molecule has 1 amide bonds. The first kappa shape index (κ1) is 19.7. The van der Waals surface area contributed by atoms with E-state index in [2.05, 4.69) is 10.6 Å². The van der Waals surface area contributed by atoms with Crippen LogP contribution < -0.4 is 20.3 Å². The summed E-state index contributed by atoms with van der Waals surface area (Å²) in [6, 6.07) is 10.7. The number of carbonyl (C=O) groups excluding carboxylic acids is 1. The van der Waals surface area contributed by atoms with Gasteiger partial charge in [0.25, 0.3) is 5.91 Å². The highest BCUT2D eigenvalue weighted by atomic mass is 35.5. The molecule has 154 valence electrons. The Morgan fingerprint density at radius 3 is 2.59 bits per heavy atom. The van der Waals surface area contributed by atoms with Crippen molar-refractivity contribution in [1.82, 2.24) is 0 Å². The monoisotopic (exact) mass is 425 g/mol. The molecular formula is C20H19ClF3N3O2. The Morgan fingerprint density at radius 1 is 1.14 bits per heavy atom. The third-order valence-electron chi connectivity index (χ3n) is 5.17. The van der Waals surface area contributed by atoms with Crippen LogP contribution in [0.15, 0.2) is 36.4 Å². The average Bonchev–Trinajstić information content (AvgIpc) is 2.69. The second kappa shape index (κ2) is 7.67. The van der Waals surface area contributed by atoms with Gasteiger partial charge in [0.1, 0.15) is 5.75 Å². The molecule has 9 heteroatoms. The number of piperidine rings is 1. The number of rotatable bonds is 3. The maximum Gasteiger partial charge on any atom is 0.391 e. The van der Waals surface area contributed by atoms with E-state index >= 15 is 0 Å². The molecule has 4 rings (SSSR count). The van der Waals surface area contributed by atoms with E-state index in [9.17, 15) is 18.0 Å². The number of nitrogens with one attached hydrogen (secondary N) is 2. The molecule has 29 heavy (non-hydrogen) atoms. The number of anilines is 4. The molecule has 2 N–H and O–H groups in total. The number of halogens is 4. The van der Waals surface area contributed by atoms with Gasteiger partial charge in [-0.1, -0.05) is 11.6 Å². The molecule has 2 aliphatic rings. The molecule has 0 saturated carbocycles. The predicted molar refractivity (Wildman–Crippen MR) is 106 cm³/mol.